The molecule has 2 fully saturated rings. The summed E-state index contributed by atoms with van der Waals surface area (Å²) in [7, 11) is 0. The molecule has 2 heterocycles. The Kier molecular flexibility index (Phi) is 3.31. The summed E-state index contributed by atoms with van der Waals surface area (Å²) in [6, 6.07) is 0.645. The molecule has 0 saturated carbocycles. The van der Waals surface area contributed by atoms with Crippen LogP contribution in [-0.2, 0) is 4.74 Å². The Balaban J connectivity index is 1.60. The van der Waals surface area contributed by atoms with Gasteiger partial charge in [0.2, 0.25) is 0 Å². The second-order valence-electron chi connectivity index (χ2n) is 3.60. The predicted octanol–water partition coefficient (Wildman–Crippen LogP) is 1.26. The van der Waals surface area contributed by atoms with Gasteiger partial charge in [-0.15, -0.1) is 0 Å². The quantitative estimate of drug-likeness (QED) is 0.719. The van der Waals surface area contributed by atoms with Crippen LogP contribution < -0.4 is 5.32 Å². The summed E-state index contributed by atoms with van der Waals surface area (Å²) < 4.78 is 5.30. The van der Waals surface area contributed by atoms with Gasteiger partial charge in [0.05, 0.1) is 6.61 Å². The molecule has 2 rings (SSSR count). The smallest absolute Gasteiger partial charge is 0.0620 e. The zero-order valence-electron chi connectivity index (χ0n) is 7.42. The van der Waals surface area contributed by atoms with E-state index < -0.39 is 0 Å². The summed E-state index contributed by atoms with van der Waals surface area (Å²) in [5, 5.41) is 4.46. The molecule has 2 nitrogen and oxygen atoms in total. The van der Waals surface area contributed by atoms with Crippen LogP contribution in [0.3, 0.4) is 0 Å². The van der Waals surface area contributed by atoms with E-state index in [0.717, 1.165) is 18.5 Å². The Bertz CT molecular complexity index is 114. The van der Waals surface area contributed by atoms with Crippen molar-refractivity contribution in [3.8, 4) is 0 Å². The second-order valence-corrected chi connectivity index (χ2v) is 5.01. The standard InChI is InChI=1S/C9H17NOS/c1-2-9(12-5-1)6-10-8-3-4-11-7-8/h8-10H,1-7H2. The number of nitrogens with one attached hydrogen (secondary N) is 1. The average molecular weight is 187 g/mol. The van der Waals surface area contributed by atoms with Crippen molar-refractivity contribution in [2.24, 2.45) is 0 Å². The largest absolute Gasteiger partial charge is 0.380 e. The third-order valence-corrected chi connectivity index (χ3v) is 3.99. The fourth-order valence-electron chi connectivity index (χ4n) is 1.80. The Morgan fingerprint density at radius 1 is 1.42 bits per heavy atom. The van der Waals surface area contributed by atoms with Crippen molar-refractivity contribution < 1.29 is 4.74 Å². The van der Waals surface area contributed by atoms with Crippen molar-refractivity contribution in [2.75, 3.05) is 25.5 Å². The highest BCUT2D eigenvalue weighted by molar-refractivity contribution is 8.00. The van der Waals surface area contributed by atoms with Crippen LogP contribution >= 0.6 is 11.8 Å². The number of hydrogen-bond donors (Lipinski definition) is 1. The maximum atomic E-state index is 5.30. The number of hydrogen-bond acceptors (Lipinski definition) is 3. The second kappa shape index (κ2) is 4.49. The van der Waals surface area contributed by atoms with Gasteiger partial charge in [-0.05, 0) is 25.0 Å². The number of rotatable bonds is 3. The summed E-state index contributed by atoms with van der Waals surface area (Å²) in [5.41, 5.74) is 0. The van der Waals surface area contributed by atoms with Crippen LogP contribution in [0.25, 0.3) is 0 Å². The molecule has 2 aliphatic heterocycles. The van der Waals surface area contributed by atoms with Crippen LogP contribution in [0.5, 0.6) is 0 Å². The van der Waals surface area contributed by atoms with Crippen LogP contribution in [0.2, 0.25) is 0 Å². The lowest BCUT2D eigenvalue weighted by molar-refractivity contribution is 0.190. The maximum Gasteiger partial charge on any atom is 0.0620 e. The molecule has 0 aromatic carbocycles. The first-order valence-corrected chi connectivity index (χ1v) is 5.93. The molecule has 70 valence electrons. The Morgan fingerprint density at radius 2 is 2.42 bits per heavy atom. The van der Waals surface area contributed by atoms with E-state index in [4.69, 9.17) is 4.74 Å². The molecule has 2 unspecified atom stereocenters. The Hall–Kier alpha value is 0.270. The molecule has 12 heavy (non-hydrogen) atoms. The lowest BCUT2D eigenvalue weighted by atomic mass is 10.2. The van der Waals surface area contributed by atoms with Crippen molar-refractivity contribution in [1.82, 2.24) is 5.32 Å². The molecule has 3 heteroatoms. The summed E-state index contributed by atoms with van der Waals surface area (Å²) in [6.07, 6.45) is 4.03. The van der Waals surface area contributed by atoms with E-state index >= 15 is 0 Å². The van der Waals surface area contributed by atoms with Crippen molar-refractivity contribution in [2.45, 2.75) is 30.6 Å². The molecule has 1 N–H and O–H groups in total. The van der Waals surface area contributed by atoms with Crippen molar-refractivity contribution in [3.05, 3.63) is 0 Å². The highest BCUT2D eigenvalue weighted by Crippen LogP contribution is 2.25. The zero-order valence-corrected chi connectivity index (χ0v) is 8.24. The van der Waals surface area contributed by atoms with Gasteiger partial charge in [0.25, 0.3) is 0 Å². The average Bonchev–Trinajstić information content (AvgIpc) is 2.74. The predicted molar refractivity (Wildman–Crippen MR) is 52.7 cm³/mol. The van der Waals surface area contributed by atoms with Gasteiger partial charge < -0.3 is 10.1 Å². The van der Waals surface area contributed by atoms with Gasteiger partial charge in [-0.1, -0.05) is 0 Å². The Labute approximate surface area is 78.4 Å². The molecule has 0 spiro atoms. The van der Waals surface area contributed by atoms with Crippen LogP contribution in [-0.4, -0.2) is 36.8 Å². The van der Waals surface area contributed by atoms with Crippen molar-refractivity contribution in [1.29, 1.82) is 0 Å². The fourth-order valence-corrected chi connectivity index (χ4v) is 3.01. The molecule has 2 saturated heterocycles. The van der Waals surface area contributed by atoms with E-state index in [1.165, 1.54) is 31.6 Å². The number of thioether (sulfide) groups is 1. The van der Waals surface area contributed by atoms with E-state index in [1.54, 1.807) is 0 Å². The monoisotopic (exact) mass is 187 g/mol. The fraction of sp³-hybridized carbons (Fsp3) is 1.00. The normalized spacial score (nSPS) is 36.0. The topological polar surface area (TPSA) is 21.3 Å². The first-order chi connectivity index (χ1) is 5.95. The molecule has 0 bridgehead atoms. The third-order valence-electron chi connectivity index (χ3n) is 2.59. The maximum absolute atomic E-state index is 5.30. The van der Waals surface area contributed by atoms with E-state index in [-0.39, 0.29) is 0 Å². The van der Waals surface area contributed by atoms with E-state index in [2.05, 4.69) is 17.1 Å². The first kappa shape index (κ1) is 8.85. The van der Waals surface area contributed by atoms with Gasteiger partial charge in [-0.2, -0.15) is 11.8 Å². The summed E-state index contributed by atoms with van der Waals surface area (Å²) in [6.45, 7) is 3.07. The van der Waals surface area contributed by atoms with E-state index in [1.807, 2.05) is 0 Å². The van der Waals surface area contributed by atoms with Gasteiger partial charge in [0.15, 0.2) is 0 Å². The minimum Gasteiger partial charge on any atom is -0.380 e. The molecule has 0 aromatic rings. The molecule has 0 radical (unpaired) electrons. The molecule has 0 aliphatic carbocycles. The van der Waals surface area contributed by atoms with Crippen molar-refractivity contribution >= 4 is 11.8 Å². The van der Waals surface area contributed by atoms with Gasteiger partial charge >= 0.3 is 0 Å². The SMILES string of the molecule is C1CSC(CNC2CCOC2)C1. The van der Waals surface area contributed by atoms with Crippen LogP contribution in [0.4, 0.5) is 0 Å². The minimum absolute atomic E-state index is 0.645. The van der Waals surface area contributed by atoms with Gasteiger partial charge in [0.1, 0.15) is 0 Å². The van der Waals surface area contributed by atoms with Gasteiger partial charge in [0, 0.05) is 24.4 Å². The Morgan fingerprint density at radius 3 is 3.08 bits per heavy atom. The van der Waals surface area contributed by atoms with Gasteiger partial charge in [-0.3, -0.25) is 0 Å². The molecule has 2 atom stereocenters. The van der Waals surface area contributed by atoms with E-state index in [9.17, 15) is 0 Å². The molecular weight excluding hydrogens is 170 g/mol. The van der Waals surface area contributed by atoms with Gasteiger partial charge in [-0.25, -0.2) is 0 Å². The molecular formula is C9H17NOS. The van der Waals surface area contributed by atoms with E-state index in [0.29, 0.717) is 6.04 Å². The number of ether oxygens (including phenoxy) is 1. The molecule has 0 amide bonds. The van der Waals surface area contributed by atoms with Crippen LogP contribution in [0.15, 0.2) is 0 Å². The molecule has 2 aliphatic rings. The summed E-state index contributed by atoms with van der Waals surface area (Å²) >= 11 is 2.12. The van der Waals surface area contributed by atoms with Crippen molar-refractivity contribution in [3.63, 3.8) is 0 Å². The summed E-state index contributed by atoms with van der Waals surface area (Å²) in [5.74, 6) is 1.37. The highest BCUT2D eigenvalue weighted by Gasteiger charge is 2.19. The molecule has 0 aromatic heterocycles. The third kappa shape index (κ3) is 2.38. The van der Waals surface area contributed by atoms with Crippen LogP contribution in [0, 0.1) is 0 Å². The highest BCUT2D eigenvalue weighted by atomic mass is 32.2. The lowest BCUT2D eigenvalue weighted by Gasteiger charge is -2.13. The lowest BCUT2D eigenvalue weighted by Crippen LogP contribution is -2.34. The van der Waals surface area contributed by atoms with Crippen LogP contribution in [0.1, 0.15) is 19.3 Å². The summed E-state index contributed by atoms with van der Waals surface area (Å²) in [4.78, 5) is 0. The minimum atomic E-state index is 0.645. The zero-order chi connectivity index (χ0) is 8.23. The first-order valence-electron chi connectivity index (χ1n) is 4.88.